The molecule has 170 valence electrons. The molecule has 1 fully saturated rings. The number of esters is 2. The SMILES string of the molecule is CCOC(=O)C(C(=O)OCC)=c1ccc2c(c1)N1C3=C(CCCC3)C[C@H]3CCCC[C@]31N=2. The summed E-state index contributed by atoms with van der Waals surface area (Å²) < 4.78 is 10.4. The number of allylic oxidation sites excluding steroid dienone is 2. The van der Waals surface area contributed by atoms with E-state index in [1.165, 1.54) is 50.6 Å². The van der Waals surface area contributed by atoms with E-state index in [1.54, 1.807) is 19.4 Å². The molecule has 2 aliphatic carbocycles. The first kappa shape index (κ1) is 21.2. The lowest BCUT2D eigenvalue weighted by molar-refractivity contribution is -0.142. The lowest BCUT2D eigenvalue weighted by atomic mass is 9.70. The van der Waals surface area contributed by atoms with E-state index < -0.39 is 11.9 Å². The molecule has 2 atom stereocenters. The highest BCUT2D eigenvalue weighted by molar-refractivity contribution is 6.36. The zero-order valence-electron chi connectivity index (χ0n) is 19.1. The minimum Gasteiger partial charge on any atom is -0.462 e. The minimum absolute atomic E-state index is 0.0347. The van der Waals surface area contributed by atoms with E-state index in [0.717, 1.165) is 23.9 Å². The zero-order valence-corrected chi connectivity index (χ0v) is 19.1. The summed E-state index contributed by atoms with van der Waals surface area (Å²) in [6.07, 6.45) is 10.6. The number of fused-ring (bicyclic) bond motifs is 3. The molecule has 0 amide bonds. The van der Waals surface area contributed by atoms with Gasteiger partial charge in [0.2, 0.25) is 0 Å². The number of anilines is 1. The molecule has 1 saturated carbocycles. The highest BCUT2D eigenvalue weighted by atomic mass is 16.6. The maximum atomic E-state index is 12.7. The summed E-state index contributed by atoms with van der Waals surface area (Å²) in [5, 5.41) is 1.51. The maximum Gasteiger partial charge on any atom is 0.346 e. The van der Waals surface area contributed by atoms with Gasteiger partial charge in [-0.25, -0.2) is 9.59 Å². The number of carbonyl (C=O) groups excluding carboxylic acids is 2. The van der Waals surface area contributed by atoms with Crippen LogP contribution in [0.2, 0.25) is 0 Å². The van der Waals surface area contributed by atoms with E-state index >= 15 is 0 Å². The number of benzene rings is 1. The van der Waals surface area contributed by atoms with E-state index in [2.05, 4.69) is 4.90 Å². The molecule has 2 heterocycles. The molecule has 2 aliphatic heterocycles. The Balaban J connectivity index is 1.70. The van der Waals surface area contributed by atoms with Gasteiger partial charge >= 0.3 is 11.9 Å². The van der Waals surface area contributed by atoms with Crippen molar-refractivity contribution in [2.45, 2.75) is 77.3 Å². The van der Waals surface area contributed by atoms with Crippen LogP contribution in [0.1, 0.15) is 71.6 Å². The standard InChI is InChI=1S/C26H32N2O4/c1-3-31-24(29)23(25(30)32-4-2)18-12-13-20-22(16-18)28-21-11-6-5-9-17(21)15-19-10-7-8-14-26(19,28)27-20/h12-13,16,19H,3-11,14-15H2,1-2H3/t19-,26-/m1/s1. The molecule has 0 saturated heterocycles. The summed E-state index contributed by atoms with van der Waals surface area (Å²) in [4.78, 5) is 33.2. The molecule has 32 heavy (non-hydrogen) atoms. The molecular weight excluding hydrogens is 404 g/mol. The van der Waals surface area contributed by atoms with Gasteiger partial charge < -0.3 is 14.4 Å². The number of hydrogen-bond donors (Lipinski definition) is 0. The summed E-state index contributed by atoms with van der Waals surface area (Å²) in [5.41, 5.74) is 3.81. The average Bonchev–Trinajstić information content (AvgIpc) is 3.12. The van der Waals surface area contributed by atoms with Gasteiger partial charge in [-0.1, -0.05) is 18.1 Å². The zero-order chi connectivity index (χ0) is 22.3. The third kappa shape index (κ3) is 3.26. The summed E-state index contributed by atoms with van der Waals surface area (Å²) >= 11 is 0. The number of nitrogens with zero attached hydrogens (tertiary/aromatic N) is 2. The second-order valence-corrected chi connectivity index (χ2v) is 9.25. The quantitative estimate of drug-likeness (QED) is 0.534. The number of ether oxygens (including phenoxy) is 2. The summed E-state index contributed by atoms with van der Waals surface area (Å²) in [7, 11) is 0. The van der Waals surface area contributed by atoms with E-state index in [0.29, 0.717) is 11.1 Å². The molecule has 5 rings (SSSR count). The summed E-state index contributed by atoms with van der Waals surface area (Å²) in [5.74, 6) is -0.743. The Labute approximate surface area is 189 Å². The van der Waals surface area contributed by atoms with Crippen molar-refractivity contribution in [3.8, 4) is 0 Å². The van der Waals surface area contributed by atoms with Crippen LogP contribution in [-0.2, 0) is 19.1 Å². The molecule has 4 aliphatic rings. The highest BCUT2D eigenvalue weighted by Crippen LogP contribution is 2.53. The fraction of sp³-hybridized carbons (Fsp3) is 0.577. The average molecular weight is 437 g/mol. The topological polar surface area (TPSA) is 68.2 Å². The van der Waals surface area contributed by atoms with Gasteiger partial charge in [-0.2, -0.15) is 0 Å². The molecule has 0 aromatic heterocycles. The van der Waals surface area contributed by atoms with E-state index in [-0.39, 0.29) is 24.4 Å². The van der Waals surface area contributed by atoms with Crippen LogP contribution in [0.5, 0.6) is 0 Å². The minimum atomic E-state index is -0.637. The van der Waals surface area contributed by atoms with Crippen LogP contribution >= 0.6 is 0 Å². The number of hydrogen-bond acceptors (Lipinski definition) is 6. The van der Waals surface area contributed by atoms with Crippen LogP contribution in [0.3, 0.4) is 0 Å². The molecule has 0 bridgehead atoms. The van der Waals surface area contributed by atoms with Crippen LogP contribution < -0.4 is 15.5 Å². The molecule has 6 nitrogen and oxygen atoms in total. The fourth-order valence-corrected chi connectivity index (χ4v) is 6.18. The van der Waals surface area contributed by atoms with Gasteiger partial charge in [-0.05, 0) is 82.6 Å². The van der Waals surface area contributed by atoms with Crippen molar-refractivity contribution in [1.29, 1.82) is 0 Å². The van der Waals surface area contributed by atoms with E-state index in [1.807, 2.05) is 18.2 Å². The summed E-state index contributed by atoms with van der Waals surface area (Å²) in [6, 6.07) is 5.74. The van der Waals surface area contributed by atoms with Gasteiger partial charge in [0.15, 0.2) is 5.57 Å². The van der Waals surface area contributed by atoms with Crippen LogP contribution in [0, 0.1) is 5.92 Å². The molecule has 0 unspecified atom stereocenters. The molecule has 0 radical (unpaired) electrons. The Hall–Kier alpha value is -2.63. The molecule has 6 heteroatoms. The van der Waals surface area contributed by atoms with Gasteiger partial charge in [0.05, 0.1) is 24.3 Å². The van der Waals surface area contributed by atoms with Crippen molar-refractivity contribution in [3.63, 3.8) is 0 Å². The Morgan fingerprint density at radius 2 is 1.81 bits per heavy atom. The third-order valence-corrected chi connectivity index (χ3v) is 7.48. The van der Waals surface area contributed by atoms with Crippen LogP contribution in [0.25, 0.3) is 5.57 Å². The number of rotatable bonds is 4. The van der Waals surface area contributed by atoms with Crippen molar-refractivity contribution in [3.05, 3.63) is 40.0 Å². The molecule has 1 spiro atoms. The third-order valence-electron chi connectivity index (χ3n) is 7.48. The van der Waals surface area contributed by atoms with Crippen LogP contribution in [-0.4, -0.2) is 30.8 Å². The first-order valence-electron chi connectivity index (χ1n) is 12.2. The molecular formula is C26H32N2O4. The Morgan fingerprint density at radius 3 is 2.56 bits per heavy atom. The van der Waals surface area contributed by atoms with E-state index in [4.69, 9.17) is 14.5 Å². The predicted molar refractivity (Wildman–Crippen MR) is 121 cm³/mol. The highest BCUT2D eigenvalue weighted by Gasteiger charge is 2.53. The van der Waals surface area contributed by atoms with Crippen molar-refractivity contribution >= 4 is 23.2 Å². The smallest absolute Gasteiger partial charge is 0.346 e. The van der Waals surface area contributed by atoms with Gasteiger partial charge in [0.25, 0.3) is 0 Å². The van der Waals surface area contributed by atoms with Crippen molar-refractivity contribution in [2.75, 3.05) is 18.1 Å². The van der Waals surface area contributed by atoms with Crippen molar-refractivity contribution in [2.24, 2.45) is 10.9 Å². The lowest BCUT2D eigenvalue weighted by Crippen LogP contribution is -2.55. The van der Waals surface area contributed by atoms with E-state index in [9.17, 15) is 9.59 Å². The summed E-state index contributed by atoms with van der Waals surface area (Å²) in [6.45, 7) is 3.88. The van der Waals surface area contributed by atoms with Crippen molar-refractivity contribution in [1.82, 2.24) is 0 Å². The monoisotopic (exact) mass is 436 g/mol. The number of carbonyl (C=O) groups is 2. The van der Waals surface area contributed by atoms with Gasteiger partial charge in [-0.15, -0.1) is 0 Å². The second-order valence-electron chi connectivity index (χ2n) is 9.25. The largest absolute Gasteiger partial charge is 0.462 e. The Morgan fingerprint density at radius 1 is 1.06 bits per heavy atom. The normalized spacial score (nSPS) is 25.7. The molecule has 1 aromatic rings. The Kier molecular flexibility index (Phi) is 5.56. The maximum absolute atomic E-state index is 12.7. The fourth-order valence-electron chi connectivity index (χ4n) is 6.18. The van der Waals surface area contributed by atoms with Gasteiger partial charge in [-0.3, -0.25) is 4.99 Å². The van der Waals surface area contributed by atoms with Gasteiger partial charge in [0, 0.05) is 11.6 Å². The first-order valence-corrected chi connectivity index (χ1v) is 12.2. The molecule has 1 aromatic carbocycles. The second kappa shape index (κ2) is 8.38. The lowest BCUT2D eigenvalue weighted by Gasteiger charge is -2.52. The van der Waals surface area contributed by atoms with Gasteiger partial charge in [0.1, 0.15) is 5.66 Å². The predicted octanol–water partition coefficient (Wildman–Crippen LogP) is 3.52. The van der Waals surface area contributed by atoms with Crippen LogP contribution in [0.15, 0.2) is 34.5 Å². The molecule has 0 N–H and O–H groups in total. The van der Waals surface area contributed by atoms with Crippen molar-refractivity contribution < 1.29 is 19.1 Å². The Bertz CT molecular complexity index is 1090. The first-order chi connectivity index (χ1) is 15.6. The van der Waals surface area contributed by atoms with Crippen LogP contribution in [0.4, 0.5) is 5.69 Å².